The Labute approximate surface area is 202 Å². The van der Waals surface area contributed by atoms with Crippen LogP contribution < -0.4 is 19.7 Å². The van der Waals surface area contributed by atoms with Crippen molar-refractivity contribution in [3.05, 3.63) is 59.7 Å². The molecule has 14 heteroatoms. The van der Waals surface area contributed by atoms with Crippen LogP contribution in [0.1, 0.15) is 15.9 Å². The van der Waals surface area contributed by atoms with Gasteiger partial charge >= 0.3 is 12.3 Å². The lowest BCUT2D eigenvalue weighted by Crippen LogP contribution is -2.49. The molecule has 1 aromatic carbocycles. The summed E-state index contributed by atoms with van der Waals surface area (Å²) >= 11 is 0. The molecule has 3 heterocycles. The summed E-state index contributed by atoms with van der Waals surface area (Å²) < 4.78 is 49.8. The average Bonchev–Trinajstić information content (AvgIpc) is 2.89. The van der Waals surface area contributed by atoms with Gasteiger partial charge in [0.2, 0.25) is 11.8 Å². The molecule has 1 saturated heterocycles. The Morgan fingerprint density at radius 3 is 2.19 bits per heavy atom. The van der Waals surface area contributed by atoms with Crippen LogP contribution in [0.5, 0.6) is 11.8 Å². The molecule has 2 aromatic heterocycles. The van der Waals surface area contributed by atoms with Gasteiger partial charge in [-0.05, 0) is 24.3 Å². The van der Waals surface area contributed by atoms with Crippen LogP contribution in [-0.2, 0) is 6.18 Å². The highest BCUT2D eigenvalue weighted by Crippen LogP contribution is 2.32. The van der Waals surface area contributed by atoms with E-state index in [1.165, 1.54) is 48.4 Å². The van der Waals surface area contributed by atoms with Crippen LogP contribution in [0.3, 0.4) is 0 Å². The number of methoxy groups -OCH3 is 1. The van der Waals surface area contributed by atoms with Crippen LogP contribution in [0.2, 0.25) is 0 Å². The number of hydrogen-bond acceptors (Lipinski definition) is 9. The lowest BCUT2D eigenvalue weighted by atomic mass is 10.1. The van der Waals surface area contributed by atoms with Gasteiger partial charge in [-0.3, -0.25) is 10.1 Å². The number of aromatic nitrogens is 4. The first-order valence-corrected chi connectivity index (χ1v) is 10.7. The van der Waals surface area contributed by atoms with E-state index in [0.717, 1.165) is 6.07 Å². The predicted molar refractivity (Wildman–Crippen MR) is 120 cm³/mol. The van der Waals surface area contributed by atoms with Gasteiger partial charge in [0.05, 0.1) is 18.2 Å². The summed E-state index contributed by atoms with van der Waals surface area (Å²) in [5.41, 5.74) is -1.33. The van der Waals surface area contributed by atoms with Gasteiger partial charge < -0.3 is 19.3 Å². The Bertz CT molecular complexity index is 1220. The number of carbonyl (C=O) groups excluding carboxylic acids is 2. The Morgan fingerprint density at radius 1 is 0.889 bits per heavy atom. The van der Waals surface area contributed by atoms with Crippen LogP contribution in [0.25, 0.3) is 0 Å². The first-order chi connectivity index (χ1) is 17.2. The number of halogens is 3. The van der Waals surface area contributed by atoms with Gasteiger partial charge in [-0.2, -0.15) is 13.2 Å². The van der Waals surface area contributed by atoms with E-state index in [4.69, 9.17) is 9.47 Å². The standard InChI is InChI=1S/C22H20F3N7O4/c1-35-18-8-6-16(27-29-18)26-21(34)36-19-9-7-17(28-30-19)31-10-12-32(13-11-31)20(33)14-4-2-3-5-15(14)22(23,24)25/h2-9H,10-13H2,1H3,(H,26,27,34). The van der Waals surface area contributed by atoms with Crippen molar-refractivity contribution in [2.75, 3.05) is 43.5 Å². The van der Waals surface area contributed by atoms with Gasteiger partial charge in [0, 0.05) is 38.3 Å². The van der Waals surface area contributed by atoms with Crippen molar-refractivity contribution in [3.63, 3.8) is 0 Å². The second-order valence-electron chi connectivity index (χ2n) is 7.53. The van der Waals surface area contributed by atoms with Crippen LogP contribution in [0.4, 0.5) is 29.6 Å². The molecule has 0 saturated carbocycles. The average molecular weight is 503 g/mol. The summed E-state index contributed by atoms with van der Waals surface area (Å²) in [5.74, 6) is 0.161. The highest BCUT2D eigenvalue weighted by Gasteiger charge is 2.36. The quantitative estimate of drug-likeness (QED) is 0.560. The van der Waals surface area contributed by atoms with Gasteiger partial charge in [-0.25, -0.2) is 4.79 Å². The molecule has 1 aliphatic heterocycles. The summed E-state index contributed by atoms with van der Waals surface area (Å²) in [6.45, 7) is 1.09. The van der Waals surface area contributed by atoms with Crippen molar-refractivity contribution in [3.8, 4) is 11.8 Å². The van der Waals surface area contributed by atoms with Gasteiger partial charge in [-0.15, -0.1) is 20.4 Å². The Kier molecular flexibility index (Phi) is 7.12. The number of alkyl halides is 3. The molecule has 1 N–H and O–H groups in total. The Morgan fingerprint density at radius 2 is 1.58 bits per heavy atom. The molecule has 0 spiro atoms. The molecule has 0 radical (unpaired) electrons. The molecule has 2 amide bonds. The fraction of sp³-hybridized carbons (Fsp3) is 0.273. The summed E-state index contributed by atoms with van der Waals surface area (Å²) in [6, 6.07) is 10.8. The maximum Gasteiger partial charge on any atom is 0.419 e. The Balaban J connectivity index is 1.31. The number of anilines is 2. The Hall–Kier alpha value is -4.49. The summed E-state index contributed by atoms with van der Waals surface area (Å²) in [7, 11) is 1.44. The number of benzene rings is 1. The van der Waals surface area contributed by atoms with Crippen LogP contribution >= 0.6 is 0 Å². The maximum absolute atomic E-state index is 13.3. The van der Waals surface area contributed by atoms with Gasteiger partial charge in [0.15, 0.2) is 11.6 Å². The number of piperazine rings is 1. The highest BCUT2D eigenvalue weighted by atomic mass is 19.4. The summed E-state index contributed by atoms with van der Waals surface area (Å²) in [6.07, 6.45) is -5.46. The molecule has 188 valence electrons. The third-order valence-corrected chi connectivity index (χ3v) is 5.26. The second kappa shape index (κ2) is 10.4. The van der Waals surface area contributed by atoms with Crippen molar-refractivity contribution in [2.45, 2.75) is 6.18 Å². The monoisotopic (exact) mass is 503 g/mol. The zero-order valence-corrected chi connectivity index (χ0v) is 18.9. The molecule has 0 atom stereocenters. The third kappa shape index (κ3) is 5.76. The van der Waals surface area contributed by atoms with E-state index >= 15 is 0 Å². The molecule has 0 aliphatic carbocycles. The molecule has 0 unspecified atom stereocenters. The van der Waals surface area contributed by atoms with Crippen molar-refractivity contribution >= 4 is 23.6 Å². The van der Waals surface area contributed by atoms with E-state index in [9.17, 15) is 22.8 Å². The fourth-order valence-corrected chi connectivity index (χ4v) is 3.48. The number of carbonyl (C=O) groups is 2. The summed E-state index contributed by atoms with van der Waals surface area (Å²) in [4.78, 5) is 27.9. The normalized spacial score (nSPS) is 13.8. The highest BCUT2D eigenvalue weighted by molar-refractivity contribution is 5.96. The van der Waals surface area contributed by atoms with Gasteiger partial charge in [0.25, 0.3) is 5.91 Å². The first kappa shape index (κ1) is 24.6. The molecule has 11 nitrogen and oxygen atoms in total. The summed E-state index contributed by atoms with van der Waals surface area (Å²) in [5, 5.41) is 17.8. The lowest BCUT2D eigenvalue weighted by molar-refractivity contribution is -0.138. The number of nitrogens with one attached hydrogen (secondary N) is 1. The van der Waals surface area contributed by atoms with Crippen molar-refractivity contribution < 1.29 is 32.2 Å². The molecule has 1 aliphatic rings. The zero-order chi connectivity index (χ0) is 25.7. The van der Waals surface area contributed by atoms with Crippen LogP contribution in [-0.4, -0.2) is 70.6 Å². The molecule has 3 aromatic rings. The van der Waals surface area contributed by atoms with E-state index in [0.29, 0.717) is 18.9 Å². The van der Waals surface area contributed by atoms with Crippen molar-refractivity contribution in [1.29, 1.82) is 0 Å². The predicted octanol–water partition coefficient (Wildman–Crippen LogP) is 2.87. The number of amides is 2. The molecule has 4 rings (SSSR count). The molecule has 1 fully saturated rings. The zero-order valence-electron chi connectivity index (χ0n) is 18.9. The third-order valence-electron chi connectivity index (χ3n) is 5.26. The topological polar surface area (TPSA) is 123 Å². The van der Waals surface area contributed by atoms with E-state index < -0.39 is 23.7 Å². The number of hydrogen-bond donors (Lipinski definition) is 1. The van der Waals surface area contributed by atoms with E-state index in [-0.39, 0.29) is 36.2 Å². The van der Waals surface area contributed by atoms with E-state index in [1.54, 1.807) is 6.07 Å². The SMILES string of the molecule is COc1ccc(NC(=O)Oc2ccc(N3CCN(C(=O)c4ccccc4C(F)(F)F)CC3)nn2)nn1. The molecular weight excluding hydrogens is 483 g/mol. The minimum absolute atomic E-state index is 0.0599. The van der Waals surface area contributed by atoms with Crippen molar-refractivity contribution in [1.82, 2.24) is 25.3 Å². The van der Waals surface area contributed by atoms with Gasteiger partial charge in [0.1, 0.15) is 0 Å². The van der Waals surface area contributed by atoms with E-state index in [1.807, 2.05) is 4.90 Å². The van der Waals surface area contributed by atoms with Crippen LogP contribution in [0, 0.1) is 0 Å². The maximum atomic E-state index is 13.3. The van der Waals surface area contributed by atoms with Crippen LogP contribution in [0.15, 0.2) is 48.5 Å². The second-order valence-corrected chi connectivity index (χ2v) is 7.53. The van der Waals surface area contributed by atoms with E-state index in [2.05, 4.69) is 25.7 Å². The number of ether oxygens (including phenoxy) is 2. The van der Waals surface area contributed by atoms with Gasteiger partial charge in [-0.1, -0.05) is 12.1 Å². The smallest absolute Gasteiger partial charge is 0.419 e. The minimum Gasteiger partial charge on any atom is -0.480 e. The van der Waals surface area contributed by atoms with Crippen molar-refractivity contribution in [2.24, 2.45) is 0 Å². The number of nitrogens with zero attached hydrogens (tertiary/aromatic N) is 6. The fourth-order valence-electron chi connectivity index (χ4n) is 3.48. The first-order valence-electron chi connectivity index (χ1n) is 10.7. The lowest BCUT2D eigenvalue weighted by Gasteiger charge is -2.35. The molecule has 0 bridgehead atoms. The largest absolute Gasteiger partial charge is 0.480 e. The minimum atomic E-state index is -4.62. The molecule has 36 heavy (non-hydrogen) atoms. The molecular formula is C22H20F3N7O4. The number of rotatable bonds is 5.